The van der Waals surface area contributed by atoms with Crippen LogP contribution in [0, 0.1) is 0 Å². The van der Waals surface area contributed by atoms with Crippen molar-refractivity contribution in [2.45, 2.75) is 0 Å². The van der Waals surface area contributed by atoms with E-state index in [1.54, 1.807) is 0 Å². The first kappa shape index (κ1) is 4.20. The molecule has 0 aromatic heterocycles. The Kier molecular flexibility index (Phi) is 3.36. The van der Waals surface area contributed by atoms with Crippen LogP contribution in [0.15, 0.2) is 0 Å². The predicted molar refractivity (Wildman–Crippen MR) is 19.0 cm³/mol. The van der Waals surface area contributed by atoms with Gasteiger partial charge in [-0.2, -0.15) is 0 Å². The summed E-state index contributed by atoms with van der Waals surface area (Å²) in [4.78, 5) is 0. The molecule has 4 heteroatoms. The maximum absolute atomic E-state index is 7.56. The van der Waals surface area contributed by atoms with Gasteiger partial charge in [-0.3, -0.25) is 0 Å². The molecular formula is H4BO2Si. The van der Waals surface area contributed by atoms with Crippen LogP contribution in [0.4, 0.5) is 0 Å². The SMILES string of the molecule is O[B]O[SiH3]. The van der Waals surface area contributed by atoms with Crippen molar-refractivity contribution in [1.29, 1.82) is 0 Å². The van der Waals surface area contributed by atoms with Crippen molar-refractivity contribution in [3.8, 4) is 0 Å². The molecular weight excluding hydrogens is 70.9 g/mol. The molecule has 0 unspecified atom stereocenters. The molecule has 1 N–H and O–H groups in total. The van der Waals surface area contributed by atoms with E-state index in [0.717, 1.165) is 0 Å². The van der Waals surface area contributed by atoms with E-state index >= 15 is 0 Å². The summed E-state index contributed by atoms with van der Waals surface area (Å²) in [5.41, 5.74) is 0. The lowest BCUT2D eigenvalue weighted by atomic mass is 10.4. The second kappa shape index (κ2) is 3.20. The van der Waals surface area contributed by atoms with Crippen LogP contribution in [0.5, 0.6) is 0 Å². The monoisotopic (exact) mass is 75.0 g/mol. The highest BCUT2D eigenvalue weighted by atomic mass is 28.2. The second-order valence-corrected chi connectivity index (χ2v) is 0.813. The van der Waals surface area contributed by atoms with Gasteiger partial charge in [0, 0.05) is 0 Å². The van der Waals surface area contributed by atoms with Gasteiger partial charge in [-0.05, 0) is 0 Å². The van der Waals surface area contributed by atoms with Crippen molar-refractivity contribution >= 4 is 18.2 Å². The van der Waals surface area contributed by atoms with Gasteiger partial charge in [-0.15, -0.1) is 0 Å². The van der Waals surface area contributed by atoms with Crippen LogP contribution < -0.4 is 0 Å². The van der Waals surface area contributed by atoms with Crippen molar-refractivity contribution in [2.75, 3.05) is 0 Å². The van der Waals surface area contributed by atoms with Crippen LogP contribution in [-0.4, -0.2) is 23.2 Å². The van der Waals surface area contributed by atoms with Crippen molar-refractivity contribution in [3.63, 3.8) is 0 Å². The zero-order valence-electron chi connectivity index (χ0n) is 2.43. The zero-order valence-corrected chi connectivity index (χ0v) is 4.43. The van der Waals surface area contributed by atoms with E-state index in [-0.39, 0.29) is 0 Å². The summed E-state index contributed by atoms with van der Waals surface area (Å²) < 4.78 is 4.11. The first-order valence-electron chi connectivity index (χ1n) is 0.902. The molecule has 0 aliphatic rings. The van der Waals surface area contributed by atoms with Crippen molar-refractivity contribution in [1.82, 2.24) is 0 Å². The minimum atomic E-state index is 0.584. The molecule has 0 aliphatic heterocycles. The van der Waals surface area contributed by atoms with Crippen LogP contribution >= 0.6 is 0 Å². The molecule has 0 heterocycles. The van der Waals surface area contributed by atoms with E-state index in [0.29, 0.717) is 18.2 Å². The summed E-state index contributed by atoms with van der Waals surface area (Å²) in [6.45, 7) is 0. The summed E-state index contributed by atoms with van der Waals surface area (Å²) in [6, 6.07) is 0. The van der Waals surface area contributed by atoms with Gasteiger partial charge in [0.1, 0.15) is 10.5 Å². The van der Waals surface area contributed by atoms with E-state index < -0.39 is 0 Å². The van der Waals surface area contributed by atoms with Gasteiger partial charge in [-0.1, -0.05) is 0 Å². The topological polar surface area (TPSA) is 29.5 Å². The van der Waals surface area contributed by atoms with E-state index in [2.05, 4.69) is 4.34 Å². The Balaban J connectivity index is 1.97. The third-order valence-corrected chi connectivity index (χ3v) is 0.316. The highest BCUT2D eigenvalue weighted by Crippen LogP contribution is 1.37. The van der Waals surface area contributed by atoms with Gasteiger partial charge >= 0.3 is 7.69 Å². The summed E-state index contributed by atoms with van der Waals surface area (Å²) >= 11 is 0. The molecule has 0 spiro atoms. The quantitative estimate of drug-likeness (QED) is 0.359. The molecule has 2 nitrogen and oxygen atoms in total. The van der Waals surface area contributed by atoms with Crippen molar-refractivity contribution < 1.29 is 9.37 Å². The van der Waals surface area contributed by atoms with Gasteiger partial charge in [0.05, 0.1) is 0 Å². The molecule has 0 fully saturated rings. The first-order chi connectivity index (χ1) is 1.91. The Labute approximate surface area is 28.6 Å². The standard InChI is InChI=1S/BH4O2Si/c2-1-3-4/h2H,4H3. The molecule has 0 aromatic carbocycles. The Morgan fingerprint density at radius 3 is 2.25 bits per heavy atom. The number of rotatable bonds is 1. The Bertz CT molecular complexity index is 8.00. The average molecular weight is 74.9 g/mol. The molecule has 0 saturated carbocycles. The summed E-state index contributed by atoms with van der Waals surface area (Å²) in [7, 11) is 1.27. The lowest BCUT2D eigenvalue weighted by Crippen LogP contribution is -1.88. The molecule has 0 bridgehead atoms. The molecule has 0 saturated heterocycles. The predicted octanol–water partition coefficient (Wildman–Crippen LogP) is -2.19. The van der Waals surface area contributed by atoms with Gasteiger partial charge in [0.15, 0.2) is 0 Å². The van der Waals surface area contributed by atoms with Crippen molar-refractivity contribution in [3.05, 3.63) is 0 Å². The highest BCUT2D eigenvalue weighted by Gasteiger charge is 1.65. The zero-order chi connectivity index (χ0) is 3.41. The molecule has 0 amide bonds. The number of hydrogen-bond acceptors (Lipinski definition) is 2. The van der Waals surface area contributed by atoms with Gasteiger partial charge in [0.25, 0.3) is 0 Å². The third-order valence-electron chi connectivity index (χ3n) is 0.105. The Morgan fingerprint density at radius 2 is 2.25 bits per heavy atom. The molecule has 0 aliphatic carbocycles. The number of hydrogen-bond donors (Lipinski definition) is 1. The average Bonchev–Trinajstić information content (AvgIpc) is 1.37. The van der Waals surface area contributed by atoms with Gasteiger partial charge < -0.3 is 9.37 Å². The first-order valence-corrected chi connectivity index (χ1v) is 1.72. The maximum Gasteiger partial charge on any atom is 0.472 e. The van der Waals surface area contributed by atoms with E-state index in [9.17, 15) is 0 Å². The van der Waals surface area contributed by atoms with Crippen LogP contribution in [0.25, 0.3) is 0 Å². The largest absolute Gasteiger partial charge is 0.472 e. The summed E-state index contributed by atoms with van der Waals surface area (Å²) in [5, 5.41) is 7.56. The molecule has 23 valence electrons. The van der Waals surface area contributed by atoms with E-state index in [4.69, 9.17) is 5.02 Å². The second-order valence-electron chi connectivity index (χ2n) is 0.341. The van der Waals surface area contributed by atoms with E-state index in [1.807, 2.05) is 0 Å². The van der Waals surface area contributed by atoms with Crippen LogP contribution in [0.1, 0.15) is 0 Å². The molecule has 0 aromatic rings. The summed E-state index contributed by atoms with van der Waals surface area (Å²) in [5.74, 6) is 0. The van der Waals surface area contributed by atoms with Crippen LogP contribution in [0.2, 0.25) is 0 Å². The lowest BCUT2D eigenvalue weighted by molar-refractivity contribution is 0.478. The fourth-order valence-corrected chi connectivity index (χ4v) is 0. The molecule has 0 atom stereocenters. The smallest absolute Gasteiger partial charge is 0.463 e. The molecule has 0 rings (SSSR count). The van der Waals surface area contributed by atoms with Crippen LogP contribution in [0.3, 0.4) is 0 Å². The maximum atomic E-state index is 7.56. The third kappa shape index (κ3) is 2.20. The van der Waals surface area contributed by atoms with Crippen LogP contribution in [-0.2, 0) is 4.34 Å². The fraction of sp³-hybridized carbons (Fsp3) is 0. The van der Waals surface area contributed by atoms with Gasteiger partial charge in [0.2, 0.25) is 0 Å². The Morgan fingerprint density at radius 1 is 2.00 bits per heavy atom. The minimum absolute atomic E-state index is 0.584. The molecule has 1 radical (unpaired) electrons. The lowest BCUT2D eigenvalue weighted by Gasteiger charge is -1.71. The fourth-order valence-electron chi connectivity index (χ4n) is 0. The minimum Gasteiger partial charge on any atom is -0.463 e. The highest BCUT2D eigenvalue weighted by molar-refractivity contribution is 6.25. The van der Waals surface area contributed by atoms with E-state index in [1.165, 1.54) is 0 Å². The Hall–Kier alpha value is 0.202. The summed E-state index contributed by atoms with van der Waals surface area (Å²) in [6.07, 6.45) is 0. The van der Waals surface area contributed by atoms with Crippen molar-refractivity contribution in [2.24, 2.45) is 0 Å². The molecule has 4 heavy (non-hydrogen) atoms. The van der Waals surface area contributed by atoms with Gasteiger partial charge in [-0.25, -0.2) is 0 Å². The normalized spacial score (nSPS) is 7.25.